The van der Waals surface area contributed by atoms with Crippen LogP contribution in [0.25, 0.3) is 0 Å². The van der Waals surface area contributed by atoms with E-state index in [0.717, 1.165) is 6.07 Å². The molecule has 18 heavy (non-hydrogen) atoms. The van der Waals surface area contributed by atoms with Crippen LogP contribution in [0.15, 0.2) is 33.3 Å². The molecule has 1 aromatic heterocycles. The van der Waals surface area contributed by atoms with Crippen molar-refractivity contribution in [1.29, 1.82) is 0 Å². The molecule has 0 atom stereocenters. The number of aromatic amines is 1. The van der Waals surface area contributed by atoms with Crippen LogP contribution in [-0.4, -0.2) is 13.4 Å². The van der Waals surface area contributed by atoms with Crippen LogP contribution in [0, 0.1) is 12.7 Å². The van der Waals surface area contributed by atoms with Crippen LogP contribution in [0.1, 0.15) is 5.69 Å². The van der Waals surface area contributed by atoms with Crippen molar-refractivity contribution in [3.05, 3.63) is 45.4 Å². The van der Waals surface area contributed by atoms with Crippen LogP contribution in [0.5, 0.6) is 0 Å². The van der Waals surface area contributed by atoms with E-state index in [1.807, 2.05) is 0 Å². The summed E-state index contributed by atoms with van der Waals surface area (Å²) in [6.07, 6.45) is 0. The number of para-hydroxylation sites is 1. The molecule has 1 heterocycles. The number of halogens is 1. The van der Waals surface area contributed by atoms with Gasteiger partial charge in [0.1, 0.15) is 5.82 Å². The molecule has 1 aromatic carbocycles. The molecule has 0 saturated carbocycles. The van der Waals surface area contributed by atoms with Crippen LogP contribution >= 0.6 is 11.3 Å². The van der Waals surface area contributed by atoms with Crippen molar-refractivity contribution in [1.82, 2.24) is 4.98 Å². The normalized spacial score (nSPS) is 11.4. The second kappa shape index (κ2) is 4.54. The van der Waals surface area contributed by atoms with E-state index < -0.39 is 20.7 Å². The Balaban J connectivity index is 2.43. The van der Waals surface area contributed by atoms with E-state index in [0.29, 0.717) is 11.3 Å². The van der Waals surface area contributed by atoms with Gasteiger partial charge in [-0.25, -0.2) is 12.8 Å². The summed E-state index contributed by atoms with van der Waals surface area (Å²) in [7, 11) is -3.95. The van der Waals surface area contributed by atoms with E-state index in [1.165, 1.54) is 25.1 Å². The first-order chi connectivity index (χ1) is 8.40. The predicted octanol–water partition coefficient (Wildman–Crippen LogP) is 1.68. The lowest BCUT2D eigenvalue weighted by Gasteiger charge is -2.07. The van der Waals surface area contributed by atoms with Crippen molar-refractivity contribution >= 4 is 27.0 Å². The molecule has 0 spiro atoms. The minimum atomic E-state index is -3.95. The number of H-pyrrole nitrogens is 1. The third-order valence-electron chi connectivity index (χ3n) is 2.14. The van der Waals surface area contributed by atoms with Gasteiger partial charge in [-0.2, -0.15) is 0 Å². The molecule has 0 radical (unpaired) electrons. The van der Waals surface area contributed by atoms with E-state index in [4.69, 9.17) is 0 Å². The fourth-order valence-corrected chi connectivity index (χ4v) is 3.75. The lowest BCUT2D eigenvalue weighted by molar-refractivity contribution is 0.599. The van der Waals surface area contributed by atoms with Gasteiger partial charge in [-0.15, -0.1) is 0 Å². The standard InChI is InChI=1S/C10H9FN2O3S2/c1-6-9(17-10(14)12-6)18(15,16)13-8-5-3-2-4-7(8)11/h2-5,13H,1H3,(H,12,14). The van der Waals surface area contributed by atoms with E-state index >= 15 is 0 Å². The minimum Gasteiger partial charge on any atom is -0.315 e. The van der Waals surface area contributed by atoms with Gasteiger partial charge in [0.2, 0.25) is 0 Å². The zero-order valence-corrected chi connectivity index (χ0v) is 10.9. The highest BCUT2D eigenvalue weighted by molar-refractivity contribution is 7.94. The zero-order chi connectivity index (χ0) is 13.3. The van der Waals surface area contributed by atoms with Crippen LogP contribution in [-0.2, 0) is 10.0 Å². The number of nitrogens with one attached hydrogen (secondary N) is 2. The average Bonchev–Trinajstić information content (AvgIpc) is 2.62. The number of sulfonamides is 1. The monoisotopic (exact) mass is 288 g/mol. The van der Waals surface area contributed by atoms with Gasteiger partial charge in [0, 0.05) is 5.69 Å². The van der Waals surface area contributed by atoms with E-state index in [2.05, 4.69) is 9.71 Å². The Morgan fingerprint density at radius 3 is 2.56 bits per heavy atom. The van der Waals surface area contributed by atoms with Gasteiger partial charge in [0.05, 0.1) is 5.69 Å². The lowest BCUT2D eigenvalue weighted by Crippen LogP contribution is -2.13. The highest BCUT2D eigenvalue weighted by atomic mass is 32.2. The Kier molecular flexibility index (Phi) is 3.22. The molecule has 0 saturated heterocycles. The number of aryl methyl sites for hydroxylation is 1. The van der Waals surface area contributed by atoms with Crippen molar-refractivity contribution < 1.29 is 12.8 Å². The van der Waals surface area contributed by atoms with Crippen LogP contribution in [0.4, 0.5) is 10.1 Å². The van der Waals surface area contributed by atoms with Crippen molar-refractivity contribution in [3.63, 3.8) is 0 Å². The van der Waals surface area contributed by atoms with Crippen LogP contribution in [0.3, 0.4) is 0 Å². The summed E-state index contributed by atoms with van der Waals surface area (Å²) in [4.78, 5) is 13.0. The molecule has 2 rings (SSSR count). The smallest absolute Gasteiger partial charge is 0.306 e. The van der Waals surface area contributed by atoms with Crippen molar-refractivity contribution in [2.24, 2.45) is 0 Å². The molecule has 0 unspecified atom stereocenters. The lowest BCUT2D eigenvalue weighted by atomic mass is 10.3. The first-order valence-corrected chi connectivity index (χ1v) is 7.17. The number of benzene rings is 1. The summed E-state index contributed by atoms with van der Waals surface area (Å²) in [6.45, 7) is 1.47. The van der Waals surface area contributed by atoms with Gasteiger partial charge in [0.25, 0.3) is 10.0 Å². The fourth-order valence-electron chi connectivity index (χ4n) is 1.38. The van der Waals surface area contributed by atoms with E-state index in [9.17, 15) is 17.6 Å². The summed E-state index contributed by atoms with van der Waals surface area (Å²) in [6, 6.07) is 5.41. The van der Waals surface area contributed by atoms with Gasteiger partial charge >= 0.3 is 4.87 Å². The summed E-state index contributed by atoms with van der Waals surface area (Å²) in [5.74, 6) is -0.679. The molecule has 5 nitrogen and oxygen atoms in total. The third kappa shape index (κ3) is 2.44. The number of rotatable bonds is 3. The van der Waals surface area contributed by atoms with Crippen molar-refractivity contribution in [2.75, 3.05) is 4.72 Å². The van der Waals surface area contributed by atoms with Crippen LogP contribution < -0.4 is 9.60 Å². The molecule has 0 aliphatic rings. The van der Waals surface area contributed by atoms with Gasteiger partial charge in [-0.3, -0.25) is 9.52 Å². The number of aromatic nitrogens is 1. The second-order valence-electron chi connectivity index (χ2n) is 3.51. The first-order valence-electron chi connectivity index (χ1n) is 4.87. The molecule has 2 N–H and O–H groups in total. The molecular weight excluding hydrogens is 279 g/mol. The fraction of sp³-hybridized carbons (Fsp3) is 0.100. The number of thiazole rings is 1. The van der Waals surface area contributed by atoms with Gasteiger partial charge in [-0.05, 0) is 19.1 Å². The topological polar surface area (TPSA) is 79.0 Å². The summed E-state index contributed by atoms with van der Waals surface area (Å²) in [5.41, 5.74) is 0.0755. The Labute approximate surface area is 106 Å². The molecule has 0 aliphatic heterocycles. The highest BCUT2D eigenvalue weighted by Gasteiger charge is 2.21. The second-order valence-corrected chi connectivity index (χ2v) is 6.37. The first kappa shape index (κ1) is 12.8. The number of anilines is 1. The highest BCUT2D eigenvalue weighted by Crippen LogP contribution is 2.21. The van der Waals surface area contributed by atoms with Crippen molar-refractivity contribution in [3.8, 4) is 0 Å². The quantitative estimate of drug-likeness (QED) is 0.902. The molecule has 2 aromatic rings. The number of hydrogen-bond donors (Lipinski definition) is 2. The van der Waals surface area contributed by atoms with E-state index in [-0.39, 0.29) is 15.6 Å². The van der Waals surface area contributed by atoms with Gasteiger partial charge < -0.3 is 4.98 Å². The summed E-state index contributed by atoms with van der Waals surface area (Å²) < 4.78 is 39.2. The maximum Gasteiger partial charge on any atom is 0.306 e. The van der Waals surface area contributed by atoms with Gasteiger partial charge in [0.15, 0.2) is 4.21 Å². The van der Waals surface area contributed by atoms with Gasteiger partial charge in [-0.1, -0.05) is 23.5 Å². The number of hydrogen-bond acceptors (Lipinski definition) is 4. The molecule has 0 aliphatic carbocycles. The largest absolute Gasteiger partial charge is 0.315 e. The Morgan fingerprint density at radius 1 is 1.33 bits per heavy atom. The molecule has 0 amide bonds. The van der Waals surface area contributed by atoms with Crippen LogP contribution in [0.2, 0.25) is 0 Å². The van der Waals surface area contributed by atoms with Crippen molar-refractivity contribution in [2.45, 2.75) is 11.1 Å². The Morgan fingerprint density at radius 2 is 2.00 bits per heavy atom. The predicted molar refractivity (Wildman–Crippen MR) is 66.9 cm³/mol. The Bertz CT molecular complexity index is 734. The Hall–Kier alpha value is -1.67. The SMILES string of the molecule is Cc1[nH]c(=O)sc1S(=O)(=O)Nc1ccccc1F. The average molecular weight is 288 g/mol. The molecule has 8 heteroatoms. The van der Waals surface area contributed by atoms with E-state index in [1.54, 1.807) is 0 Å². The summed E-state index contributed by atoms with van der Waals surface area (Å²) in [5, 5.41) is 0. The molecule has 0 bridgehead atoms. The molecular formula is C10H9FN2O3S2. The third-order valence-corrected chi connectivity index (χ3v) is 5.11. The molecule has 0 fully saturated rings. The molecule has 96 valence electrons. The minimum absolute atomic E-state index is 0.143. The zero-order valence-electron chi connectivity index (χ0n) is 9.23. The maximum atomic E-state index is 13.3. The summed E-state index contributed by atoms with van der Waals surface area (Å²) >= 11 is 0.562. The maximum absolute atomic E-state index is 13.3.